The molecule has 7 nitrogen and oxygen atoms in total. The summed E-state index contributed by atoms with van der Waals surface area (Å²) in [5.41, 5.74) is -0.236. The van der Waals surface area contributed by atoms with Crippen LogP contribution in [0.1, 0.15) is 26.4 Å². The number of hydrogen-bond donors (Lipinski definition) is 2. The molecule has 22 heavy (non-hydrogen) atoms. The van der Waals surface area contributed by atoms with Crippen molar-refractivity contribution >= 4 is 11.9 Å². The van der Waals surface area contributed by atoms with E-state index in [-0.39, 0.29) is 5.75 Å². The van der Waals surface area contributed by atoms with Crippen molar-refractivity contribution in [1.82, 2.24) is 10.6 Å². The van der Waals surface area contributed by atoms with E-state index < -0.39 is 34.9 Å². The third-order valence-corrected chi connectivity index (χ3v) is 2.44. The van der Waals surface area contributed by atoms with Crippen LogP contribution >= 0.6 is 0 Å². The van der Waals surface area contributed by atoms with E-state index in [1.807, 2.05) is 0 Å². The number of aromatic nitrogens is 1. The molecule has 10 heteroatoms. The maximum Gasteiger partial charge on any atom is 0.416 e. The normalized spacial score (nSPS) is 11.0. The lowest BCUT2D eigenvalue weighted by Crippen LogP contribution is -2.28. The quantitative estimate of drug-likeness (QED) is 0.838. The average Bonchev–Trinajstić information content (AvgIpc) is 2.94. The van der Waals surface area contributed by atoms with Crippen molar-refractivity contribution in [2.24, 2.45) is 0 Å². The van der Waals surface area contributed by atoms with Crippen molar-refractivity contribution in [3.8, 4) is 5.75 Å². The highest BCUT2D eigenvalue weighted by atomic mass is 19.4. The van der Waals surface area contributed by atoms with Crippen molar-refractivity contribution in [2.75, 3.05) is 0 Å². The number of carboxylic acids is 1. The lowest BCUT2D eigenvalue weighted by molar-refractivity contribution is -0.137. The molecule has 0 aliphatic carbocycles. The van der Waals surface area contributed by atoms with Crippen LogP contribution < -0.4 is 10.3 Å². The molecule has 0 fully saturated rings. The van der Waals surface area contributed by atoms with E-state index in [0.717, 1.165) is 18.4 Å². The highest BCUT2D eigenvalue weighted by Crippen LogP contribution is 2.31. The average molecular weight is 316 g/mol. The van der Waals surface area contributed by atoms with E-state index in [2.05, 4.69) is 9.68 Å². The number of rotatable bonds is 4. The molecule has 2 rings (SSSR count). The molecular weight excluding hydrogens is 309 g/mol. The van der Waals surface area contributed by atoms with Gasteiger partial charge in [0.05, 0.1) is 5.56 Å². The van der Waals surface area contributed by atoms with Crippen LogP contribution in [0.5, 0.6) is 5.75 Å². The van der Waals surface area contributed by atoms with Gasteiger partial charge >= 0.3 is 12.1 Å². The number of carboxylic acid groups (broad SMARTS) is 1. The van der Waals surface area contributed by atoms with Gasteiger partial charge in [-0.2, -0.15) is 18.7 Å². The molecule has 1 aromatic heterocycles. The van der Waals surface area contributed by atoms with E-state index in [0.29, 0.717) is 6.07 Å². The van der Waals surface area contributed by atoms with E-state index in [9.17, 15) is 22.8 Å². The minimum atomic E-state index is -4.56. The molecule has 0 spiro atoms. The fourth-order valence-corrected chi connectivity index (χ4v) is 1.45. The number of amides is 1. The number of carbonyl (C=O) groups is 2. The molecule has 1 aromatic carbocycles. The number of benzene rings is 1. The van der Waals surface area contributed by atoms with E-state index in [4.69, 9.17) is 9.94 Å². The Bertz CT molecular complexity index is 711. The molecule has 2 aromatic rings. The lowest BCUT2D eigenvalue weighted by atomic mass is 10.2. The van der Waals surface area contributed by atoms with Crippen molar-refractivity contribution in [3.63, 3.8) is 0 Å². The molecule has 0 radical (unpaired) electrons. The second-order valence-electron chi connectivity index (χ2n) is 3.94. The first kappa shape index (κ1) is 15.4. The monoisotopic (exact) mass is 316 g/mol. The number of nitrogens with one attached hydrogen (secondary N) is 1. The molecule has 0 bridgehead atoms. The number of hydrogen-bond acceptors (Lipinski definition) is 5. The molecule has 2 N–H and O–H groups in total. The maximum atomic E-state index is 12.5. The minimum Gasteiger partial charge on any atom is -0.476 e. The van der Waals surface area contributed by atoms with Crippen molar-refractivity contribution in [3.05, 3.63) is 47.3 Å². The summed E-state index contributed by atoms with van der Waals surface area (Å²) in [4.78, 5) is 27.1. The number of hydroxylamine groups is 1. The first-order valence-electron chi connectivity index (χ1n) is 5.61. The summed E-state index contributed by atoms with van der Waals surface area (Å²) >= 11 is 0. The Morgan fingerprint density at radius 3 is 2.68 bits per heavy atom. The summed E-state index contributed by atoms with van der Waals surface area (Å²) < 4.78 is 41.9. The summed E-state index contributed by atoms with van der Waals surface area (Å²) in [6.45, 7) is 0. The SMILES string of the molecule is O=C(NOc1cccc(C(F)(F)F)c1)c1conc1C(=O)O. The van der Waals surface area contributed by atoms with Crippen LogP contribution in [0, 0.1) is 0 Å². The maximum absolute atomic E-state index is 12.5. The van der Waals surface area contributed by atoms with Crippen LogP contribution in [0.15, 0.2) is 35.1 Å². The zero-order chi connectivity index (χ0) is 16.3. The van der Waals surface area contributed by atoms with Gasteiger partial charge in [0.25, 0.3) is 5.91 Å². The molecule has 0 atom stereocenters. The van der Waals surface area contributed by atoms with E-state index in [1.54, 1.807) is 5.48 Å². The number of aromatic carboxylic acids is 1. The minimum absolute atomic E-state index is 0.281. The fraction of sp³-hybridized carbons (Fsp3) is 0.0833. The first-order chi connectivity index (χ1) is 10.3. The molecule has 0 saturated heterocycles. The molecular formula is C12H7F3N2O5. The van der Waals surface area contributed by atoms with E-state index in [1.165, 1.54) is 6.07 Å². The number of halogens is 3. The van der Waals surface area contributed by atoms with Crippen LogP contribution in [0.4, 0.5) is 13.2 Å². The molecule has 0 aliphatic rings. The summed E-state index contributed by atoms with van der Waals surface area (Å²) in [6, 6.07) is 3.77. The molecule has 116 valence electrons. The number of carbonyl (C=O) groups excluding carboxylic acids is 1. The summed E-state index contributed by atoms with van der Waals surface area (Å²) in [7, 11) is 0. The Morgan fingerprint density at radius 2 is 2.05 bits per heavy atom. The largest absolute Gasteiger partial charge is 0.476 e. The molecule has 0 unspecified atom stereocenters. The Morgan fingerprint density at radius 1 is 1.32 bits per heavy atom. The topological polar surface area (TPSA) is 102 Å². The number of nitrogens with zero attached hydrogens (tertiary/aromatic N) is 1. The highest BCUT2D eigenvalue weighted by molar-refractivity contribution is 6.02. The first-order valence-corrected chi connectivity index (χ1v) is 5.61. The third-order valence-electron chi connectivity index (χ3n) is 2.44. The smallest absolute Gasteiger partial charge is 0.416 e. The summed E-state index contributed by atoms with van der Waals surface area (Å²) in [6.07, 6.45) is -3.79. The second-order valence-corrected chi connectivity index (χ2v) is 3.94. The van der Waals surface area contributed by atoms with Gasteiger partial charge in [-0.25, -0.2) is 4.79 Å². The summed E-state index contributed by atoms with van der Waals surface area (Å²) in [5.74, 6) is -2.81. The zero-order valence-electron chi connectivity index (χ0n) is 10.5. The third kappa shape index (κ3) is 3.34. The van der Waals surface area contributed by atoms with Crippen molar-refractivity contribution in [1.29, 1.82) is 0 Å². The Kier molecular flexibility index (Phi) is 4.02. The van der Waals surface area contributed by atoms with Gasteiger partial charge in [-0.05, 0) is 18.2 Å². The summed E-state index contributed by atoms with van der Waals surface area (Å²) in [5, 5.41) is 11.8. The molecule has 0 saturated carbocycles. The van der Waals surface area contributed by atoms with Gasteiger partial charge in [-0.3, -0.25) is 4.79 Å². The van der Waals surface area contributed by atoms with Crippen LogP contribution in [0.3, 0.4) is 0 Å². The molecule has 1 amide bonds. The predicted octanol–water partition coefficient (Wildman–Crippen LogP) is 2.12. The van der Waals surface area contributed by atoms with Gasteiger partial charge in [0.1, 0.15) is 11.8 Å². The van der Waals surface area contributed by atoms with Gasteiger partial charge in [0.15, 0.2) is 5.75 Å². The van der Waals surface area contributed by atoms with Gasteiger partial charge in [-0.15, -0.1) is 0 Å². The van der Waals surface area contributed by atoms with Crippen LogP contribution in [-0.2, 0) is 6.18 Å². The van der Waals surface area contributed by atoms with Gasteiger partial charge < -0.3 is 14.5 Å². The predicted molar refractivity (Wildman–Crippen MR) is 63.0 cm³/mol. The van der Waals surface area contributed by atoms with Gasteiger partial charge in [-0.1, -0.05) is 11.2 Å². The highest BCUT2D eigenvalue weighted by Gasteiger charge is 2.30. The van der Waals surface area contributed by atoms with E-state index >= 15 is 0 Å². The lowest BCUT2D eigenvalue weighted by Gasteiger charge is -2.09. The standard InChI is InChI=1S/C12H7F3N2O5/c13-12(14,15)6-2-1-3-7(4-6)22-17-10(18)8-5-21-16-9(8)11(19)20/h1-5H,(H,17,18)(H,19,20). The molecule has 1 heterocycles. The second kappa shape index (κ2) is 5.76. The Labute approximate surface area is 120 Å². The Balaban J connectivity index is 2.09. The van der Waals surface area contributed by atoms with Gasteiger partial charge in [0, 0.05) is 0 Å². The van der Waals surface area contributed by atoms with Crippen LogP contribution in [0.25, 0.3) is 0 Å². The molecule has 0 aliphatic heterocycles. The zero-order valence-corrected chi connectivity index (χ0v) is 10.5. The number of alkyl halides is 3. The van der Waals surface area contributed by atoms with Crippen LogP contribution in [0.2, 0.25) is 0 Å². The van der Waals surface area contributed by atoms with Crippen LogP contribution in [-0.4, -0.2) is 22.1 Å². The van der Waals surface area contributed by atoms with Crippen molar-refractivity contribution in [2.45, 2.75) is 6.18 Å². The fourth-order valence-electron chi connectivity index (χ4n) is 1.45. The van der Waals surface area contributed by atoms with Crippen molar-refractivity contribution < 1.29 is 37.2 Å². The Hall–Kier alpha value is -3.04. The van der Waals surface area contributed by atoms with Gasteiger partial charge in [0.2, 0.25) is 5.69 Å².